The van der Waals surface area contributed by atoms with Gasteiger partial charge >= 0.3 is 0 Å². The van der Waals surface area contributed by atoms with Crippen LogP contribution in [0.25, 0.3) is 0 Å². The van der Waals surface area contributed by atoms with Crippen molar-refractivity contribution in [3.63, 3.8) is 0 Å². The van der Waals surface area contributed by atoms with E-state index >= 15 is 0 Å². The second kappa shape index (κ2) is 9.80. The highest BCUT2D eigenvalue weighted by Gasteiger charge is 2.34. The van der Waals surface area contributed by atoms with E-state index in [9.17, 15) is 0 Å². The molecule has 1 heteroatoms. The fraction of sp³-hybridized carbons (Fsp3) is 1.00. The van der Waals surface area contributed by atoms with Gasteiger partial charge in [-0.15, -0.1) is 0 Å². The van der Waals surface area contributed by atoms with Crippen LogP contribution in [0.15, 0.2) is 0 Å². The van der Waals surface area contributed by atoms with Gasteiger partial charge in [0.1, 0.15) is 0 Å². The van der Waals surface area contributed by atoms with Crippen LogP contribution in [-0.2, 0) is 0 Å². The molecule has 0 aromatic rings. The second-order valence-corrected chi connectivity index (χ2v) is 6.78. The highest BCUT2D eigenvalue weighted by Crippen LogP contribution is 2.43. The van der Waals surface area contributed by atoms with E-state index in [2.05, 4.69) is 26.1 Å². The Bertz CT molecular complexity index is 192. The normalized spacial score (nSPS) is 17.7. The minimum atomic E-state index is 0.674. The predicted molar refractivity (Wildman–Crippen MR) is 86.6 cm³/mol. The Morgan fingerprint density at radius 3 is 1.84 bits per heavy atom. The molecule has 1 nitrogen and oxygen atoms in total. The molecule has 1 aliphatic carbocycles. The molecule has 1 fully saturated rings. The molecule has 1 aliphatic rings. The van der Waals surface area contributed by atoms with Gasteiger partial charge in [-0.05, 0) is 37.5 Å². The van der Waals surface area contributed by atoms with Crippen LogP contribution < -0.4 is 5.32 Å². The van der Waals surface area contributed by atoms with E-state index < -0.39 is 0 Å². The number of rotatable bonds is 12. The molecule has 19 heavy (non-hydrogen) atoms. The molecule has 0 aromatic heterocycles. The Balaban J connectivity index is 2.25. The largest absolute Gasteiger partial charge is 0.313 e. The first-order valence-corrected chi connectivity index (χ1v) is 8.99. The van der Waals surface area contributed by atoms with Crippen LogP contribution in [0.1, 0.15) is 97.8 Å². The summed E-state index contributed by atoms with van der Waals surface area (Å²) in [6, 6.07) is 0.794. The monoisotopic (exact) mass is 267 g/mol. The van der Waals surface area contributed by atoms with Crippen molar-refractivity contribution in [2.24, 2.45) is 5.41 Å². The van der Waals surface area contributed by atoms with Crippen molar-refractivity contribution in [3.8, 4) is 0 Å². The summed E-state index contributed by atoms with van der Waals surface area (Å²) in [5.41, 5.74) is 0.674. The Morgan fingerprint density at radius 1 is 0.895 bits per heavy atom. The minimum Gasteiger partial charge on any atom is -0.313 e. The molecule has 0 aromatic carbocycles. The van der Waals surface area contributed by atoms with Crippen molar-refractivity contribution in [3.05, 3.63) is 0 Å². The molecule has 0 atom stereocenters. The third-order valence-electron chi connectivity index (χ3n) is 5.24. The van der Waals surface area contributed by atoms with Crippen molar-refractivity contribution in [2.45, 2.75) is 104 Å². The number of hydrogen-bond donors (Lipinski definition) is 1. The summed E-state index contributed by atoms with van der Waals surface area (Å²) >= 11 is 0. The quantitative estimate of drug-likeness (QED) is 0.448. The predicted octanol–water partition coefficient (Wildman–Crippen LogP) is 5.69. The lowest BCUT2D eigenvalue weighted by Crippen LogP contribution is -2.43. The molecular weight excluding hydrogens is 230 g/mol. The first-order chi connectivity index (χ1) is 9.26. The Labute approximate surface area is 121 Å². The fourth-order valence-electron chi connectivity index (χ4n) is 3.32. The van der Waals surface area contributed by atoms with Crippen LogP contribution in [0, 0.1) is 5.41 Å². The first kappa shape index (κ1) is 17.0. The van der Waals surface area contributed by atoms with Gasteiger partial charge in [0, 0.05) is 12.6 Å². The van der Waals surface area contributed by atoms with E-state index in [0.717, 1.165) is 6.04 Å². The zero-order valence-corrected chi connectivity index (χ0v) is 13.8. The highest BCUT2D eigenvalue weighted by molar-refractivity contribution is 4.89. The van der Waals surface area contributed by atoms with E-state index in [0.29, 0.717) is 5.41 Å². The molecule has 1 N–H and O–H groups in total. The van der Waals surface area contributed by atoms with Gasteiger partial charge in [-0.2, -0.15) is 0 Å². The van der Waals surface area contributed by atoms with Crippen LogP contribution in [-0.4, -0.2) is 12.6 Å². The van der Waals surface area contributed by atoms with E-state index in [1.165, 1.54) is 83.6 Å². The maximum absolute atomic E-state index is 3.93. The molecule has 1 saturated carbocycles. The number of nitrogens with one attached hydrogen (secondary N) is 1. The van der Waals surface area contributed by atoms with Gasteiger partial charge < -0.3 is 5.32 Å². The third-order valence-corrected chi connectivity index (χ3v) is 5.24. The Hall–Kier alpha value is -0.0400. The molecule has 114 valence electrons. The lowest BCUT2D eigenvalue weighted by Gasteiger charge is -2.42. The molecule has 0 spiro atoms. The van der Waals surface area contributed by atoms with Crippen molar-refractivity contribution in [2.75, 3.05) is 6.54 Å². The highest BCUT2D eigenvalue weighted by atomic mass is 14.9. The molecular formula is C18H37N. The van der Waals surface area contributed by atoms with Gasteiger partial charge in [0.25, 0.3) is 0 Å². The van der Waals surface area contributed by atoms with Gasteiger partial charge in [0.15, 0.2) is 0 Å². The van der Waals surface area contributed by atoms with E-state index in [4.69, 9.17) is 0 Å². The smallest absolute Gasteiger partial charge is 0.00672 e. The Kier molecular flexibility index (Phi) is 8.77. The fourth-order valence-corrected chi connectivity index (χ4v) is 3.32. The number of unbranched alkanes of at least 4 members (excludes halogenated alkanes) is 4. The van der Waals surface area contributed by atoms with Crippen LogP contribution in [0.3, 0.4) is 0 Å². The van der Waals surface area contributed by atoms with Crippen molar-refractivity contribution >= 4 is 0 Å². The molecule has 0 amide bonds. The number of hydrogen-bond acceptors (Lipinski definition) is 1. The second-order valence-electron chi connectivity index (χ2n) is 6.78. The van der Waals surface area contributed by atoms with Gasteiger partial charge in [-0.3, -0.25) is 0 Å². The molecule has 0 unspecified atom stereocenters. The maximum atomic E-state index is 3.93. The van der Waals surface area contributed by atoms with Crippen molar-refractivity contribution in [1.29, 1.82) is 0 Å². The summed E-state index contributed by atoms with van der Waals surface area (Å²) in [5.74, 6) is 0. The summed E-state index contributed by atoms with van der Waals surface area (Å²) in [4.78, 5) is 0. The van der Waals surface area contributed by atoms with Gasteiger partial charge in [0.2, 0.25) is 0 Å². The standard InChI is InChI=1S/C18H37N/c1-4-7-9-12-17(13-10-8-5-2)19-16-18(6-3)14-11-15-18/h17,19H,4-16H2,1-3H3. The molecule has 1 rings (SSSR count). The molecule has 0 aliphatic heterocycles. The van der Waals surface area contributed by atoms with Crippen molar-refractivity contribution < 1.29 is 0 Å². The summed E-state index contributed by atoms with van der Waals surface area (Å²) in [6.07, 6.45) is 16.9. The van der Waals surface area contributed by atoms with Gasteiger partial charge in [-0.25, -0.2) is 0 Å². The average molecular weight is 268 g/mol. The lowest BCUT2D eigenvalue weighted by molar-refractivity contribution is 0.117. The zero-order valence-electron chi connectivity index (χ0n) is 13.8. The summed E-state index contributed by atoms with van der Waals surface area (Å²) in [6.45, 7) is 8.27. The molecule has 0 heterocycles. The van der Waals surface area contributed by atoms with Crippen LogP contribution >= 0.6 is 0 Å². The molecule has 0 bridgehead atoms. The van der Waals surface area contributed by atoms with Crippen LogP contribution in [0.5, 0.6) is 0 Å². The summed E-state index contributed by atoms with van der Waals surface area (Å²) in [5, 5.41) is 3.93. The van der Waals surface area contributed by atoms with E-state index in [1.54, 1.807) is 0 Å². The SMILES string of the molecule is CCCCCC(CCCCC)NCC1(CC)CCC1. The van der Waals surface area contributed by atoms with E-state index in [-0.39, 0.29) is 0 Å². The zero-order chi connectivity index (χ0) is 14.0. The van der Waals surface area contributed by atoms with Crippen LogP contribution in [0.4, 0.5) is 0 Å². The third kappa shape index (κ3) is 6.29. The molecule has 0 saturated heterocycles. The molecule has 0 radical (unpaired) electrons. The average Bonchev–Trinajstić information content (AvgIpc) is 2.38. The summed E-state index contributed by atoms with van der Waals surface area (Å²) in [7, 11) is 0. The van der Waals surface area contributed by atoms with Crippen LogP contribution in [0.2, 0.25) is 0 Å². The minimum absolute atomic E-state index is 0.674. The van der Waals surface area contributed by atoms with E-state index in [1.807, 2.05) is 0 Å². The van der Waals surface area contributed by atoms with Gasteiger partial charge in [-0.1, -0.05) is 65.7 Å². The maximum Gasteiger partial charge on any atom is 0.00672 e. The van der Waals surface area contributed by atoms with Gasteiger partial charge in [0.05, 0.1) is 0 Å². The first-order valence-electron chi connectivity index (χ1n) is 8.99. The lowest BCUT2D eigenvalue weighted by atomic mass is 9.67. The van der Waals surface area contributed by atoms with Crippen molar-refractivity contribution in [1.82, 2.24) is 5.32 Å². The topological polar surface area (TPSA) is 12.0 Å². The summed E-state index contributed by atoms with van der Waals surface area (Å²) < 4.78 is 0. The Morgan fingerprint density at radius 2 is 1.47 bits per heavy atom.